The molecule has 4 heterocycles. The molecule has 33 heavy (non-hydrogen) atoms. The summed E-state index contributed by atoms with van der Waals surface area (Å²) in [4.78, 5) is 21.5. The minimum absolute atomic E-state index is 0.0104. The lowest BCUT2D eigenvalue weighted by Crippen LogP contribution is -2.16. The molecule has 0 spiro atoms. The molecule has 0 aliphatic heterocycles. The van der Waals surface area contributed by atoms with Crippen LogP contribution in [-0.2, 0) is 12.7 Å². The number of alkyl halides is 3. The van der Waals surface area contributed by atoms with Gasteiger partial charge < -0.3 is 0 Å². The average Bonchev–Trinajstić information content (AvgIpc) is 3.54. The fourth-order valence-electron chi connectivity index (χ4n) is 3.20. The highest BCUT2D eigenvalue weighted by atomic mass is 32.1. The van der Waals surface area contributed by atoms with E-state index >= 15 is 0 Å². The first-order chi connectivity index (χ1) is 15.9. The van der Waals surface area contributed by atoms with E-state index in [1.54, 1.807) is 17.5 Å². The Morgan fingerprint density at radius 3 is 2.61 bits per heavy atom. The number of rotatable bonds is 5. The summed E-state index contributed by atoms with van der Waals surface area (Å²) in [5.74, 6) is -0.736. The fraction of sp³-hybridized carbons (Fsp3) is 0.0952. The van der Waals surface area contributed by atoms with Gasteiger partial charge in [0, 0.05) is 6.07 Å². The summed E-state index contributed by atoms with van der Waals surface area (Å²) in [5, 5.41) is 12.2. The number of hydrogen-bond donors (Lipinski definition) is 1. The molecule has 0 aliphatic rings. The van der Waals surface area contributed by atoms with E-state index in [4.69, 9.17) is 0 Å². The van der Waals surface area contributed by atoms with Crippen molar-refractivity contribution in [1.82, 2.24) is 29.4 Å². The van der Waals surface area contributed by atoms with Gasteiger partial charge in [0.1, 0.15) is 6.33 Å². The maximum absolute atomic E-state index is 13.7. The number of carbonyl (C=O) groups is 1. The highest BCUT2D eigenvalue weighted by molar-refractivity contribution is 7.13. The second-order valence-corrected chi connectivity index (χ2v) is 7.95. The minimum atomic E-state index is -4.69. The number of hydrogen-bond acceptors (Lipinski definition) is 6. The summed E-state index contributed by atoms with van der Waals surface area (Å²) < 4.78 is 43.2. The van der Waals surface area contributed by atoms with E-state index in [1.165, 1.54) is 28.4 Å². The Balaban J connectivity index is 1.42. The molecule has 8 nitrogen and oxygen atoms in total. The van der Waals surface area contributed by atoms with Crippen LogP contribution >= 0.6 is 11.3 Å². The van der Waals surface area contributed by atoms with Gasteiger partial charge in [0.2, 0.25) is 5.95 Å². The van der Waals surface area contributed by atoms with Crippen molar-refractivity contribution in [2.45, 2.75) is 12.7 Å². The molecule has 4 aromatic heterocycles. The van der Waals surface area contributed by atoms with Gasteiger partial charge in [0.25, 0.3) is 5.91 Å². The zero-order valence-corrected chi connectivity index (χ0v) is 17.5. The van der Waals surface area contributed by atoms with Crippen LogP contribution in [0, 0.1) is 0 Å². The zero-order chi connectivity index (χ0) is 23.0. The molecule has 0 saturated carbocycles. The molecule has 0 atom stereocenters. The highest BCUT2D eigenvalue weighted by Crippen LogP contribution is 2.33. The Kier molecular flexibility index (Phi) is 5.13. The van der Waals surface area contributed by atoms with Crippen LogP contribution in [0.5, 0.6) is 0 Å². The monoisotopic (exact) mass is 469 g/mol. The lowest BCUT2D eigenvalue weighted by atomic mass is 10.2. The van der Waals surface area contributed by atoms with Crippen molar-refractivity contribution >= 4 is 28.8 Å². The highest BCUT2D eigenvalue weighted by Gasteiger charge is 2.35. The van der Waals surface area contributed by atoms with E-state index in [1.807, 2.05) is 30.3 Å². The molecule has 0 radical (unpaired) electrons. The van der Waals surface area contributed by atoms with Crippen molar-refractivity contribution in [2.75, 3.05) is 5.32 Å². The number of carbonyl (C=O) groups excluding carboxylic acids is 1. The molecule has 1 amide bonds. The van der Waals surface area contributed by atoms with E-state index < -0.39 is 17.8 Å². The van der Waals surface area contributed by atoms with Crippen LogP contribution in [0.25, 0.3) is 16.2 Å². The summed E-state index contributed by atoms with van der Waals surface area (Å²) in [5.41, 5.74) is -0.220. The van der Waals surface area contributed by atoms with Crippen LogP contribution in [0.4, 0.5) is 19.1 Å². The summed E-state index contributed by atoms with van der Waals surface area (Å²) in [6.45, 7) is 0.447. The van der Waals surface area contributed by atoms with E-state index in [2.05, 4.69) is 25.5 Å². The summed E-state index contributed by atoms with van der Waals surface area (Å²) in [7, 11) is 0. The smallest absolute Gasteiger partial charge is 0.288 e. The molecule has 0 fully saturated rings. The van der Waals surface area contributed by atoms with Crippen LogP contribution in [-0.4, -0.2) is 35.3 Å². The Morgan fingerprint density at radius 1 is 1.06 bits per heavy atom. The third-order valence-electron chi connectivity index (χ3n) is 4.67. The third-order valence-corrected chi connectivity index (χ3v) is 5.57. The van der Waals surface area contributed by atoms with Gasteiger partial charge in [-0.2, -0.15) is 18.3 Å². The Bertz CT molecular complexity index is 1430. The van der Waals surface area contributed by atoms with Crippen LogP contribution in [0.15, 0.2) is 66.3 Å². The number of thiophene rings is 1. The summed E-state index contributed by atoms with van der Waals surface area (Å²) in [6, 6.07) is 15.0. The zero-order valence-electron chi connectivity index (χ0n) is 16.7. The number of anilines is 1. The summed E-state index contributed by atoms with van der Waals surface area (Å²) in [6.07, 6.45) is -3.24. The lowest BCUT2D eigenvalue weighted by Gasteiger charge is -2.10. The number of nitrogens with one attached hydrogen (secondary N) is 1. The fourth-order valence-corrected chi connectivity index (χ4v) is 3.89. The van der Waals surface area contributed by atoms with Crippen LogP contribution in [0.1, 0.15) is 21.7 Å². The van der Waals surface area contributed by atoms with Gasteiger partial charge in [-0.05, 0) is 23.1 Å². The molecule has 1 N–H and O–H groups in total. The number of nitrogens with zero attached hydrogens (tertiary/aromatic N) is 6. The molecule has 0 saturated heterocycles. The van der Waals surface area contributed by atoms with E-state index in [0.717, 1.165) is 11.6 Å². The van der Waals surface area contributed by atoms with Crippen molar-refractivity contribution in [3.8, 4) is 10.6 Å². The number of fused-ring (bicyclic) bond motifs is 1. The third kappa shape index (κ3) is 4.32. The Hall–Kier alpha value is -4.06. The van der Waals surface area contributed by atoms with Gasteiger partial charge in [-0.15, -0.1) is 16.4 Å². The topological polar surface area (TPSA) is 90.0 Å². The van der Waals surface area contributed by atoms with Crippen LogP contribution in [0.2, 0.25) is 0 Å². The van der Waals surface area contributed by atoms with Gasteiger partial charge in [-0.25, -0.2) is 19.2 Å². The largest absolute Gasteiger partial charge is 0.433 e. The van der Waals surface area contributed by atoms with Crippen molar-refractivity contribution in [1.29, 1.82) is 0 Å². The van der Waals surface area contributed by atoms with Crippen LogP contribution in [0.3, 0.4) is 0 Å². The SMILES string of the molecule is O=C(Nc1ncn(Cc2ccccc2)n1)c1cc2nc(-c3cccs3)cc(C(F)(F)F)n2n1. The van der Waals surface area contributed by atoms with E-state index in [0.29, 0.717) is 15.9 Å². The second kappa shape index (κ2) is 8.13. The van der Waals surface area contributed by atoms with E-state index in [9.17, 15) is 18.0 Å². The molecular formula is C21H14F3N7OS. The molecule has 1 aromatic carbocycles. The summed E-state index contributed by atoms with van der Waals surface area (Å²) >= 11 is 1.26. The molecular weight excluding hydrogens is 455 g/mol. The molecule has 0 unspecified atom stereocenters. The number of halogens is 3. The van der Waals surface area contributed by atoms with Gasteiger partial charge in [-0.3, -0.25) is 10.1 Å². The first kappa shape index (κ1) is 20.8. The average molecular weight is 469 g/mol. The minimum Gasteiger partial charge on any atom is -0.288 e. The lowest BCUT2D eigenvalue weighted by molar-refractivity contribution is -0.142. The molecule has 0 bridgehead atoms. The van der Waals surface area contributed by atoms with Crippen molar-refractivity contribution in [3.63, 3.8) is 0 Å². The normalized spacial score (nSPS) is 11.7. The van der Waals surface area contributed by atoms with Gasteiger partial charge in [0.05, 0.1) is 17.1 Å². The number of amides is 1. The standard InChI is InChI=1S/C21H14F3N7OS/c22-21(23,24)17-9-14(16-7-4-8-33-16)26-18-10-15(28-31(17)18)19(32)27-20-25-12-30(29-20)11-13-5-2-1-3-6-13/h1-10,12H,11H2,(H,27,29,32). The van der Waals surface area contributed by atoms with Crippen molar-refractivity contribution in [2.24, 2.45) is 0 Å². The van der Waals surface area contributed by atoms with Crippen molar-refractivity contribution in [3.05, 3.63) is 83.3 Å². The number of aromatic nitrogens is 6. The van der Waals surface area contributed by atoms with Gasteiger partial charge in [0.15, 0.2) is 17.0 Å². The van der Waals surface area contributed by atoms with Crippen molar-refractivity contribution < 1.29 is 18.0 Å². The molecule has 12 heteroatoms. The predicted molar refractivity (Wildman–Crippen MR) is 115 cm³/mol. The maximum Gasteiger partial charge on any atom is 0.433 e. The first-order valence-corrected chi connectivity index (χ1v) is 10.5. The quantitative estimate of drug-likeness (QED) is 0.413. The van der Waals surface area contributed by atoms with Gasteiger partial charge >= 0.3 is 6.18 Å². The Morgan fingerprint density at radius 2 is 1.88 bits per heavy atom. The van der Waals surface area contributed by atoms with E-state index in [-0.39, 0.29) is 23.0 Å². The first-order valence-electron chi connectivity index (χ1n) is 9.63. The maximum atomic E-state index is 13.7. The van der Waals surface area contributed by atoms with Gasteiger partial charge in [-0.1, -0.05) is 36.4 Å². The predicted octanol–water partition coefficient (Wildman–Crippen LogP) is 4.37. The second-order valence-electron chi connectivity index (χ2n) is 7.01. The number of benzene rings is 1. The Labute approximate surface area is 188 Å². The molecule has 166 valence electrons. The molecule has 0 aliphatic carbocycles. The molecule has 5 aromatic rings. The molecule has 5 rings (SSSR count). The van der Waals surface area contributed by atoms with Crippen LogP contribution < -0.4 is 5.32 Å².